The van der Waals surface area contributed by atoms with E-state index in [2.05, 4.69) is 38.2 Å². The molecule has 0 radical (unpaired) electrons. The van der Waals surface area contributed by atoms with Gasteiger partial charge >= 0.3 is 0 Å². The molecule has 4 aliphatic rings. The Kier molecular flexibility index (Phi) is 9.09. The molecule has 10 rings (SSSR count). The van der Waals surface area contributed by atoms with Gasteiger partial charge in [0.2, 0.25) is 5.91 Å². The number of aliphatic hydroxyl groups is 1. The summed E-state index contributed by atoms with van der Waals surface area (Å²) in [4.78, 5) is 50.1. The first kappa shape index (κ1) is 38.1. The molecule has 6 aromatic rings. The van der Waals surface area contributed by atoms with Gasteiger partial charge in [0, 0.05) is 34.8 Å². The van der Waals surface area contributed by atoms with E-state index < -0.39 is 19.8 Å². The number of hydrogen-bond acceptors (Lipinski definition) is 6. The second-order valence-electron chi connectivity index (χ2n) is 17.2. The number of amides is 3. The summed E-state index contributed by atoms with van der Waals surface area (Å²) in [5.74, 6) is -0.0966. The number of carbonyl (C=O) groups excluding carboxylic acids is 3. The van der Waals surface area contributed by atoms with E-state index in [1.54, 1.807) is 21.8 Å². The molecule has 0 saturated carbocycles. The van der Waals surface area contributed by atoms with Crippen molar-refractivity contribution in [2.75, 3.05) is 23.5 Å². The summed E-state index contributed by atoms with van der Waals surface area (Å²) in [5, 5.41) is 13.6. The number of anilines is 4. The van der Waals surface area contributed by atoms with Gasteiger partial charge in [0.25, 0.3) is 11.8 Å². The maximum Gasteiger partial charge on any atom is 0.268 e. The minimum Gasteiger partial charge on any atom is -0.497 e. The fourth-order valence-corrected chi connectivity index (χ4v) is 14.9. The highest BCUT2D eigenvalue weighted by atomic mass is 28.3. The van der Waals surface area contributed by atoms with E-state index in [1.165, 1.54) is 0 Å². The Bertz CT molecular complexity index is 2700. The minimum atomic E-state index is -2.61. The summed E-state index contributed by atoms with van der Waals surface area (Å²) >= 11 is 0. The van der Waals surface area contributed by atoms with E-state index >= 15 is 4.79 Å². The minimum absolute atomic E-state index is 0.0393. The molecular weight excluding hydrogens is 767 g/mol. The summed E-state index contributed by atoms with van der Waals surface area (Å²) in [5.41, 5.74) is 4.65. The van der Waals surface area contributed by atoms with Gasteiger partial charge in [-0.05, 0) is 83.1 Å². The number of benzene rings is 6. The van der Waals surface area contributed by atoms with Gasteiger partial charge < -0.3 is 19.5 Å². The van der Waals surface area contributed by atoms with Gasteiger partial charge in [-0.15, -0.1) is 0 Å². The molecule has 302 valence electrons. The van der Waals surface area contributed by atoms with Crippen molar-refractivity contribution < 1.29 is 29.0 Å². The molecule has 5 atom stereocenters. The predicted molar refractivity (Wildman–Crippen MR) is 236 cm³/mol. The molecule has 0 aromatic heterocycles. The number of aliphatic hydroxyl groups excluding tert-OH is 1. The Hall–Kier alpha value is -6.07. The van der Waals surface area contributed by atoms with Crippen LogP contribution in [0, 0.1) is 5.92 Å². The van der Waals surface area contributed by atoms with Gasteiger partial charge in [0.15, 0.2) is 5.60 Å². The van der Waals surface area contributed by atoms with Gasteiger partial charge in [0.1, 0.15) is 5.75 Å². The highest BCUT2D eigenvalue weighted by molar-refractivity contribution is 6.91. The van der Waals surface area contributed by atoms with Gasteiger partial charge in [0.05, 0.1) is 57.3 Å². The van der Waals surface area contributed by atoms with Crippen LogP contribution in [0.4, 0.5) is 22.7 Å². The van der Waals surface area contributed by atoms with Crippen molar-refractivity contribution in [3.05, 3.63) is 156 Å². The molecule has 4 heterocycles. The molecule has 1 spiro atoms. The van der Waals surface area contributed by atoms with Gasteiger partial charge in [-0.3, -0.25) is 24.2 Å². The largest absolute Gasteiger partial charge is 0.497 e. The van der Waals surface area contributed by atoms with Gasteiger partial charge in [-0.1, -0.05) is 104 Å². The first-order valence-corrected chi connectivity index (χ1v) is 23.8. The molecule has 9 nitrogen and oxygen atoms in total. The van der Waals surface area contributed by atoms with Crippen molar-refractivity contribution in [3.8, 4) is 5.75 Å². The number of ether oxygens (including phenoxy) is 2. The SMILES string of the molecule is COc1ccc([Si](C)(C)[C@H]2[C@H](CC(=O)N3Cc4ccccc4C[C@H]3CO)O[C@@]3(C(=O)N(c4ccccc4)c4ccc(N5C(=O)c6cccc7cccc5c67)cc43)[C@@H]2C)cc1. The van der Waals surface area contributed by atoms with E-state index in [-0.39, 0.29) is 48.3 Å². The average Bonchev–Trinajstić information content (AvgIpc) is 3.84. The number of para-hydroxylation sites is 1. The van der Waals surface area contributed by atoms with Crippen LogP contribution >= 0.6 is 0 Å². The van der Waals surface area contributed by atoms with Crippen LogP contribution in [-0.2, 0) is 32.9 Å². The van der Waals surface area contributed by atoms with E-state index in [1.807, 2.05) is 115 Å². The molecular formula is C50H47N3O6Si. The second-order valence-corrected chi connectivity index (χ2v) is 21.9. The zero-order valence-corrected chi connectivity index (χ0v) is 35.2. The fourth-order valence-electron chi connectivity index (χ4n) is 10.9. The van der Waals surface area contributed by atoms with Gasteiger partial charge in [-0.2, -0.15) is 0 Å². The van der Waals surface area contributed by atoms with Gasteiger partial charge in [-0.25, -0.2) is 0 Å². The van der Waals surface area contributed by atoms with Crippen molar-refractivity contribution in [2.24, 2.45) is 5.92 Å². The zero-order valence-electron chi connectivity index (χ0n) is 34.2. The number of fused-ring (bicyclic) bond motifs is 3. The number of methoxy groups -OCH3 is 1. The third-order valence-corrected chi connectivity index (χ3v) is 18.2. The van der Waals surface area contributed by atoms with Crippen LogP contribution in [-0.4, -0.2) is 61.7 Å². The molecule has 0 aliphatic carbocycles. The molecule has 4 aliphatic heterocycles. The van der Waals surface area contributed by atoms with Crippen molar-refractivity contribution in [1.82, 2.24) is 4.90 Å². The van der Waals surface area contributed by atoms with Crippen LogP contribution < -0.4 is 19.7 Å². The molecule has 1 saturated heterocycles. The maximum absolute atomic E-state index is 15.7. The second kappa shape index (κ2) is 14.3. The molecule has 1 N–H and O–H groups in total. The summed E-state index contributed by atoms with van der Waals surface area (Å²) in [6, 6.07) is 43.1. The third kappa shape index (κ3) is 5.61. The highest BCUT2D eigenvalue weighted by Crippen LogP contribution is 2.62. The number of rotatable bonds is 8. The van der Waals surface area contributed by atoms with Crippen LogP contribution in [0.15, 0.2) is 133 Å². The molecule has 6 aromatic carbocycles. The van der Waals surface area contributed by atoms with Crippen LogP contribution in [0.3, 0.4) is 0 Å². The van der Waals surface area contributed by atoms with Crippen LogP contribution in [0.1, 0.15) is 40.4 Å². The topological polar surface area (TPSA) is 99.6 Å². The number of hydrogen-bond donors (Lipinski definition) is 1. The molecule has 60 heavy (non-hydrogen) atoms. The lowest BCUT2D eigenvalue weighted by Gasteiger charge is -2.39. The summed E-state index contributed by atoms with van der Waals surface area (Å²) in [6.45, 7) is 6.95. The Morgan fingerprint density at radius 1 is 0.817 bits per heavy atom. The molecule has 0 unspecified atom stereocenters. The molecule has 0 bridgehead atoms. The van der Waals surface area contributed by atoms with Crippen molar-refractivity contribution >= 4 is 64.5 Å². The Morgan fingerprint density at radius 3 is 2.27 bits per heavy atom. The van der Waals surface area contributed by atoms with E-state index in [0.717, 1.165) is 38.5 Å². The summed E-state index contributed by atoms with van der Waals surface area (Å²) in [6.07, 6.45) is -0.0411. The zero-order chi connectivity index (χ0) is 41.5. The van der Waals surface area contributed by atoms with E-state index in [4.69, 9.17) is 9.47 Å². The van der Waals surface area contributed by atoms with Crippen LogP contribution in [0.25, 0.3) is 10.8 Å². The Labute approximate surface area is 350 Å². The lowest BCUT2D eigenvalue weighted by atomic mass is 9.82. The predicted octanol–water partition coefficient (Wildman–Crippen LogP) is 8.37. The maximum atomic E-state index is 15.7. The van der Waals surface area contributed by atoms with Crippen molar-refractivity contribution in [3.63, 3.8) is 0 Å². The standard InChI is InChI=1S/C50H47N3O6Si/c1-31-47(60(3,4)39-23-21-38(58-2)22-24-39)44(28-45(55)51-29-34-13-9-8-12-33(34)26-37(51)30-54)59-50(31)41-27-36(20-25-42(41)53(49(50)57)35-16-6-5-7-17-35)52-43-19-11-15-32-14-10-18-40(46(32)43)48(52)56/h5-25,27,31,37,44,47,54H,26,28-30H2,1-4H3/t31-,37+,44+,47-,50+/m1/s1. The lowest BCUT2D eigenvalue weighted by Crippen LogP contribution is -2.52. The van der Waals surface area contributed by atoms with Crippen molar-refractivity contribution in [2.45, 2.75) is 62.7 Å². The summed E-state index contributed by atoms with van der Waals surface area (Å²) in [7, 11) is -0.963. The smallest absolute Gasteiger partial charge is 0.268 e. The van der Waals surface area contributed by atoms with Crippen molar-refractivity contribution in [1.29, 1.82) is 0 Å². The first-order chi connectivity index (χ1) is 29.1. The molecule has 10 heteroatoms. The fraction of sp³-hybridized carbons (Fsp3) is 0.260. The lowest BCUT2D eigenvalue weighted by molar-refractivity contribution is -0.150. The highest BCUT2D eigenvalue weighted by Gasteiger charge is 2.67. The third-order valence-electron chi connectivity index (χ3n) is 13.8. The Balaban J connectivity index is 1.12. The molecule has 3 amide bonds. The quantitative estimate of drug-likeness (QED) is 0.155. The first-order valence-electron chi connectivity index (χ1n) is 20.8. The number of carbonyl (C=O) groups is 3. The Morgan fingerprint density at radius 2 is 1.53 bits per heavy atom. The van der Waals surface area contributed by atoms with Crippen LogP contribution in [0.2, 0.25) is 18.6 Å². The monoisotopic (exact) mass is 813 g/mol. The molecule has 1 fully saturated rings. The van der Waals surface area contributed by atoms with Crippen LogP contribution in [0.5, 0.6) is 5.75 Å². The summed E-state index contributed by atoms with van der Waals surface area (Å²) < 4.78 is 13.0. The normalized spacial score (nSPS) is 23.1. The number of nitrogens with zero attached hydrogens (tertiary/aromatic N) is 3. The van der Waals surface area contributed by atoms with E-state index in [0.29, 0.717) is 41.2 Å². The van der Waals surface area contributed by atoms with E-state index in [9.17, 15) is 14.7 Å². The average molecular weight is 814 g/mol.